The quantitative estimate of drug-likeness (QED) is 0.437. The third kappa shape index (κ3) is 5.38. The molecule has 0 saturated carbocycles. The molecule has 0 atom stereocenters. The summed E-state index contributed by atoms with van der Waals surface area (Å²) in [4.78, 5) is 16.7. The number of nitriles is 1. The fourth-order valence-corrected chi connectivity index (χ4v) is 3.22. The Hall–Kier alpha value is -4.43. The predicted molar refractivity (Wildman–Crippen MR) is 123 cm³/mol. The first kappa shape index (κ1) is 20.8. The Morgan fingerprint density at radius 3 is 2.19 bits per heavy atom. The van der Waals surface area contributed by atoms with Crippen molar-refractivity contribution in [2.45, 2.75) is 13.0 Å². The van der Waals surface area contributed by atoms with Gasteiger partial charge in [0.1, 0.15) is 12.3 Å². The van der Waals surface area contributed by atoms with Crippen LogP contribution in [0.4, 0.5) is 5.69 Å². The molecule has 0 aliphatic rings. The van der Waals surface area contributed by atoms with Gasteiger partial charge in [-0.3, -0.25) is 4.79 Å². The number of aromatic nitrogens is 1. The number of carbonyl (C=O) groups is 1. The molecule has 0 unspecified atom stereocenters. The van der Waals surface area contributed by atoms with Gasteiger partial charge in [0.15, 0.2) is 0 Å². The van der Waals surface area contributed by atoms with Crippen molar-refractivity contribution in [1.82, 2.24) is 4.98 Å². The van der Waals surface area contributed by atoms with E-state index in [4.69, 9.17) is 10.00 Å². The Kier molecular flexibility index (Phi) is 6.54. The summed E-state index contributed by atoms with van der Waals surface area (Å²) in [6, 6.07) is 30.4. The second kappa shape index (κ2) is 10.1. The smallest absolute Gasteiger partial charge is 0.255 e. The van der Waals surface area contributed by atoms with E-state index in [1.165, 1.54) is 5.56 Å². The number of hydrogen-bond acceptors (Lipinski definition) is 4. The fraction of sp³-hybridized carbons (Fsp3) is 0.0741. The maximum absolute atomic E-state index is 12.5. The first-order valence-corrected chi connectivity index (χ1v) is 10.2. The van der Waals surface area contributed by atoms with Crippen molar-refractivity contribution >= 4 is 11.6 Å². The lowest BCUT2D eigenvalue weighted by Gasteiger charge is -2.12. The van der Waals surface area contributed by atoms with Crippen LogP contribution in [0.5, 0.6) is 5.88 Å². The van der Waals surface area contributed by atoms with Crippen LogP contribution in [0.25, 0.3) is 0 Å². The summed E-state index contributed by atoms with van der Waals surface area (Å²) >= 11 is 0. The molecule has 0 bridgehead atoms. The molecule has 0 saturated heterocycles. The van der Waals surface area contributed by atoms with Crippen LogP contribution in [0.3, 0.4) is 0 Å². The van der Waals surface area contributed by atoms with Gasteiger partial charge in [0.25, 0.3) is 5.91 Å². The van der Waals surface area contributed by atoms with Crippen LogP contribution < -0.4 is 10.1 Å². The summed E-state index contributed by atoms with van der Waals surface area (Å²) in [5.41, 5.74) is 5.08. The first-order valence-electron chi connectivity index (χ1n) is 10.2. The molecule has 1 aromatic heterocycles. The number of rotatable bonds is 7. The largest absolute Gasteiger partial charge is 0.471 e. The molecule has 3 aromatic carbocycles. The van der Waals surface area contributed by atoms with Crippen LogP contribution in [0.15, 0.2) is 97.2 Å². The normalized spacial score (nSPS) is 10.2. The molecule has 0 fully saturated rings. The lowest BCUT2D eigenvalue weighted by atomic mass is 10.0. The number of benzene rings is 3. The number of carbonyl (C=O) groups excluding carboxylic acids is 1. The molecule has 0 aliphatic carbocycles. The zero-order valence-corrected chi connectivity index (χ0v) is 17.4. The number of anilines is 1. The van der Waals surface area contributed by atoms with Crippen molar-refractivity contribution in [3.63, 3.8) is 0 Å². The summed E-state index contributed by atoms with van der Waals surface area (Å²) in [5, 5.41) is 11.8. The predicted octanol–water partition coefficient (Wildman–Crippen LogP) is 5.38. The van der Waals surface area contributed by atoms with E-state index in [-0.39, 0.29) is 5.91 Å². The zero-order valence-electron chi connectivity index (χ0n) is 17.4. The number of nitrogens with zero attached hydrogens (tertiary/aromatic N) is 2. The molecule has 0 radical (unpaired) electrons. The van der Waals surface area contributed by atoms with E-state index in [2.05, 4.69) is 28.5 Å². The first-order chi connectivity index (χ1) is 15.7. The highest BCUT2D eigenvalue weighted by molar-refractivity contribution is 6.04. The van der Waals surface area contributed by atoms with Gasteiger partial charge in [-0.1, -0.05) is 54.6 Å². The SMILES string of the molecule is N#Cc1ccc(Cc2ccc(COc3ncccc3NC(=O)c3ccccc3)cc2)cc1. The van der Waals surface area contributed by atoms with Crippen LogP contribution in [0.1, 0.15) is 32.6 Å². The summed E-state index contributed by atoms with van der Waals surface area (Å²) in [6.45, 7) is 0.336. The highest BCUT2D eigenvalue weighted by Gasteiger charge is 2.11. The topological polar surface area (TPSA) is 75.0 Å². The second-order valence-electron chi connectivity index (χ2n) is 7.27. The van der Waals surface area contributed by atoms with E-state index in [1.54, 1.807) is 30.5 Å². The Morgan fingerprint density at radius 2 is 1.50 bits per heavy atom. The van der Waals surface area contributed by atoms with Gasteiger partial charge in [-0.15, -0.1) is 0 Å². The Bertz CT molecular complexity index is 1230. The molecule has 1 amide bonds. The summed E-state index contributed by atoms with van der Waals surface area (Å²) in [7, 11) is 0. The van der Waals surface area contributed by atoms with E-state index in [0.717, 1.165) is 17.5 Å². The molecule has 156 valence electrons. The molecule has 4 aromatic rings. The molecular weight excluding hydrogens is 398 g/mol. The minimum absolute atomic E-state index is 0.212. The summed E-state index contributed by atoms with van der Waals surface area (Å²) in [6.07, 6.45) is 2.43. The van der Waals surface area contributed by atoms with E-state index >= 15 is 0 Å². The Morgan fingerprint density at radius 1 is 0.844 bits per heavy atom. The maximum Gasteiger partial charge on any atom is 0.255 e. The maximum atomic E-state index is 12.5. The highest BCUT2D eigenvalue weighted by Crippen LogP contribution is 2.23. The van der Waals surface area contributed by atoms with Gasteiger partial charge in [0.2, 0.25) is 5.88 Å². The fourth-order valence-electron chi connectivity index (χ4n) is 3.22. The van der Waals surface area contributed by atoms with Crippen LogP contribution in [-0.2, 0) is 13.0 Å². The van der Waals surface area contributed by atoms with Gasteiger partial charge in [-0.05, 0) is 59.5 Å². The number of hydrogen-bond donors (Lipinski definition) is 1. The molecule has 0 spiro atoms. The highest BCUT2D eigenvalue weighted by atomic mass is 16.5. The molecule has 1 heterocycles. The van der Waals surface area contributed by atoms with Crippen LogP contribution in [0.2, 0.25) is 0 Å². The van der Waals surface area contributed by atoms with Gasteiger partial charge in [-0.25, -0.2) is 4.98 Å². The third-order valence-electron chi connectivity index (χ3n) is 4.95. The second-order valence-corrected chi connectivity index (χ2v) is 7.27. The molecular formula is C27H21N3O2. The molecule has 32 heavy (non-hydrogen) atoms. The minimum Gasteiger partial charge on any atom is -0.471 e. The van der Waals surface area contributed by atoms with Crippen molar-refractivity contribution < 1.29 is 9.53 Å². The summed E-state index contributed by atoms with van der Waals surface area (Å²) in [5.74, 6) is 0.161. The van der Waals surface area contributed by atoms with E-state index in [0.29, 0.717) is 29.3 Å². The lowest BCUT2D eigenvalue weighted by Crippen LogP contribution is -2.13. The molecule has 0 aliphatic heterocycles. The van der Waals surface area contributed by atoms with E-state index in [9.17, 15) is 4.79 Å². The van der Waals surface area contributed by atoms with E-state index < -0.39 is 0 Å². The minimum atomic E-state index is -0.212. The number of ether oxygens (including phenoxy) is 1. The summed E-state index contributed by atoms with van der Waals surface area (Å²) < 4.78 is 5.89. The molecule has 5 heteroatoms. The number of amides is 1. The van der Waals surface area contributed by atoms with Gasteiger partial charge in [0, 0.05) is 11.8 Å². The third-order valence-corrected chi connectivity index (χ3v) is 4.95. The molecule has 5 nitrogen and oxygen atoms in total. The van der Waals surface area contributed by atoms with Crippen LogP contribution in [-0.4, -0.2) is 10.9 Å². The van der Waals surface area contributed by atoms with Crippen molar-refractivity contribution in [1.29, 1.82) is 5.26 Å². The standard InChI is InChI=1S/C27H21N3O2/c28-18-22-12-8-20(9-13-22)17-21-10-14-23(15-11-21)19-32-27-25(7-4-16-29-27)30-26(31)24-5-2-1-3-6-24/h1-16H,17,19H2,(H,30,31). The van der Waals surface area contributed by atoms with E-state index in [1.807, 2.05) is 54.6 Å². The number of nitrogens with one attached hydrogen (secondary N) is 1. The van der Waals surface area contributed by atoms with Crippen molar-refractivity contribution in [2.24, 2.45) is 0 Å². The Labute approximate surface area is 186 Å². The van der Waals surface area contributed by atoms with Gasteiger partial charge >= 0.3 is 0 Å². The molecule has 1 N–H and O–H groups in total. The zero-order chi connectivity index (χ0) is 22.2. The van der Waals surface area contributed by atoms with Crippen molar-refractivity contribution in [2.75, 3.05) is 5.32 Å². The monoisotopic (exact) mass is 419 g/mol. The van der Waals surface area contributed by atoms with Crippen LogP contribution >= 0.6 is 0 Å². The van der Waals surface area contributed by atoms with Gasteiger partial charge in [0.05, 0.1) is 11.6 Å². The Balaban J connectivity index is 1.37. The average molecular weight is 419 g/mol. The number of pyridine rings is 1. The van der Waals surface area contributed by atoms with Crippen molar-refractivity contribution in [3.8, 4) is 11.9 Å². The van der Waals surface area contributed by atoms with Crippen molar-refractivity contribution in [3.05, 3.63) is 125 Å². The van der Waals surface area contributed by atoms with Gasteiger partial charge < -0.3 is 10.1 Å². The van der Waals surface area contributed by atoms with Gasteiger partial charge in [-0.2, -0.15) is 5.26 Å². The lowest BCUT2D eigenvalue weighted by molar-refractivity contribution is 0.102. The van der Waals surface area contributed by atoms with Crippen LogP contribution in [0, 0.1) is 11.3 Å². The molecule has 4 rings (SSSR count). The average Bonchev–Trinajstić information content (AvgIpc) is 2.85.